The van der Waals surface area contributed by atoms with E-state index in [0.29, 0.717) is 5.92 Å². The summed E-state index contributed by atoms with van der Waals surface area (Å²) in [7, 11) is -0.892. The van der Waals surface area contributed by atoms with Gasteiger partial charge in [-0.25, -0.2) is 0 Å². The number of benzene rings is 7. The van der Waals surface area contributed by atoms with Gasteiger partial charge in [0.05, 0.1) is 0 Å². The van der Waals surface area contributed by atoms with E-state index in [4.69, 9.17) is 4.65 Å². The van der Waals surface area contributed by atoms with Crippen molar-refractivity contribution in [1.82, 2.24) is 0 Å². The van der Waals surface area contributed by atoms with Crippen molar-refractivity contribution in [3.63, 3.8) is 0 Å². The molecule has 0 aliphatic heterocycles. The van der Waals surface area contributed by atoms with E-state index in [0.717, 1.165) is 0 Å². The fraction of sp³-hybridized carbons (Fsp3) is 0.0426. The molecule has 0 saturated heterocycles. The standard InChI is InChI=1S/2C18H15P.C10H11.CO.Ir/c2*1-4-10-16(11-5-1)19(17-12-6-2-7-13-17)18-14-8-3-9-15-18;1-3-9(2)10-7-5-4-6-8-10;1-2;/h2*1-15H;3-7,9H,1H2,2H3;;/q;;-1;;. The van der Waals surface area contributed by atoms with Crippen LogP contribution < -0.4 is 31.8 Å². The molecule has 0 aromatic heterocycles. The van der Waals surface area contributed by atoms with Gasteiger partial charge in [-0.1, -0.05) is 195 Å². The molecule has 0 spiro atoms. The maximum Gasteiger partial charge on any atom is 0 e. The van der Waals surface area contributed by atoms with Crippen LogP contribution in [-0.4, -0.2) is 0 Å². The zero-order chi connectivity index (χ0) is 35.2. The Kier molecular flexibility index (Phi) is 19.1. The van der Waals surface area contributed by atoms with Gasteiger partial charge in [0.25, 0.3) is 0 Å². The summed E-state index contributed by atoms with van der Waals surface area (Å²) in [5, 5.41) is 8.39. The molecule has 0 fully saturated rings. The van der Waals surface area contributed by atoms with E-state index < -0.39 is 15.8 Å². The zero-order valence-corrected chi connectivity index (χ0v) is 32.8. The Morgan fingerprint density at radius 2 is 0.686 bits per heavy atom. The first-order chi connectivity index (χ1) is 24.7. The van der Waals surface area contributed by atoms with Crippen LogP contribution in [0.15, 0.2) is 219 Å². The van der Waals surface area contributed by atoms with Crippen LogP contribution in [0.3, 0.4) is 0 Å². The zero-order valence-electron chi connectivity index (χ0n) is 28.6. The predicted molar refractivity (Wildman–Crippen MR) is 218 cm³/mol. The first-order valence-electron chi connectivity index (χ1n) is 16.4. The summed E-state index contributed by atoms with van der Waals surface area (Å²) in [4.78, 5) is 0. The molecule has 7 rings (SSSR count). The second-order valence-electron chi connectivity index (χ2n) is 11.0. The van der Waals surface area contributed by atoms with Crippen molar-refractivity contribution in [2.75, 3.05) is 0 Å². The van der Waals surface area contributed by atoms with E-state index in [-0.39, 0.29) is 20.1 Å². The van der Waals surface area contributed by atoms with Gasteiger partial charge in [0.1, 0.15) is 0 Å². The number of rotatable bonds is 8. The van der Waals surface area contributed by atoms with Gasteiger partial charge in [0.2, 0.25) is 0 Å². The molecule has 1 unspecified atom stereocenters. The molecule has 0 N–H and O–H groups in total. The van der Waals surface area contributed by atoms with E-state index in [9.17, 15) is 0 Å². The fourth-order valence-electron chi connectivity index (χ4n) is 5.17. The second-order valence-corrected chi connectivity index (χ2v) is 15.5. The molecule has 0 aliphatic rings. The van der Waals surface area contributed by atoms with Crippen molar-refractivity contribution >= 4 is 47.7 Å². The van der Waals surface area contributed by atoms with E-state index in [2.05, 4.69) is 214 Å². The number of hydrogen-bond donors (Lipinski definition) is 0. The maximum absolute atomic E-state index is 7.50. The molecule has 51 heavy (non-hydrogen) atoms. The van der Waals surface area contributed by atoms with E-state index in [1.807, 2.05) is 24.3 Å². The molecule has 0 amide bonds. The van der Waals surface area contributed by atoms with Gasteiger partial charge in [-0.15, -0.1) is 6.58 Å². The van der Waals surface area contributed by atoms with Gasteiger partial charge in [0, 0.05) is 20.1 Å². The molecule has 1 atom stereocenters. The summed E-state index contributed by atoms with van der Waals surface area (Å²) in [6.07, 6.45) is 1.92. The van der Waals surface area contributed by atoms with Gasteiger partial charge < -0.3 is 0 Å². The van der Waals surface area contributed by atoms with Crippen molar-refractivity contribution in [3.05, 3.63) is 237 Å². The molecule has 0 bridgehead atoms. The molecular formula is C47H41IrOP2-. The molecule has 1 nitrogen and oxygen atoms in total. The van der Waals surface area contributed by atoms with Crippen LogP contribution in [0, 0.1) is 12.7 Å². The molecule has 7 aromatic rings. The summed E-state index contributed by atoms with van der Waals surface area (Å²) >= 11 is 0. The van der Waals surface area contributed by atoms with Crippen LogP contribution in [0.5, 0.6) is 0 Å². The topological polar surface area (TPSA) is 19.9 Å². The van der Waals surface area contributed by atoms with Crippen LogP contribution in [-0.2, 0) is 24.8 Å². The minimum Gasteiger partial charge on any atom is -0.0622 e. The summed E-state index contributed by atoms with van der Waals surface area (Å²) < 4.78 is 7.50. The third-order valence-electron chi connectivity index (χ3n) is 7.66. The van der Waals surface area contributed by atoms with Crippen molar-refractivity contribution in [2.24, 2.45) is 0 Å². The van der Waals surface area contributed by atoms with Crippen molar-refractivity contribution in [2.45, 2.75) is 12.8 Å². The third kappa shape index (κ3) is 13.0. The summed E-state index contributed by atoms with van der Waals surface area (Å²) in [5.74, 6) is 0.418. The Labute approximate surface area is 320 Å². The first-order valence-corrected chi connectivity index (χ1v) is 19.1. The van der Waals surface area contributed by atoms with Crippen molar-refractivity contribution in [3.8, 4) is 0 Å². The van der Waals surface area contributed by atoms with Gasteiger partial charge in [-0.2, -0.15) is 35.9 Å². The fourth-order valence-corrected chi connectivity index (χ4v) is 9.78. The molecule has 4 heteroatoms. The largest absolute Gasteiger partial charge is 0.0622 e. The summed E-state index contributed by atoms with van der Waals surface area (Å²) in [6.45, 7) is 10.3. The maximum atomic E-state index is 7.50. The average molecular weight is 876 g/mol. The SMILES string of the molecule is C=CC(C)c1[c-]cccc1.[C-]#[O+].[Ir].c1ccc(P(c2ccccc2)c2ccccc2)cc1.c1ccc(P(c2ccccc2)c2ccccc2)cc1. The summed E-state index contributed by atoms with van der Waals surface area (Å²) in [5.41, 5.74) is 1.21. The van der Waals surface area contributed by atoms with Crippen molar-refractivity contribution in [1.29, 1.82) is 0 Å². The molecule has 1 radical (unpaired) electrons. The Hall–Kier alpha value is -4.47. The predicted octanol–water partition coefficient (Wildman–Crippen LogP) is 9.63. The van der Waals surface area contributed by atoms with Gasteiger partial charge in [-0.3, -0.25) is 0 Å². The van der Waals surface area contributed by atoms with E-state index in [1.165, 1.54) is 37.4 Å². The molecular weight excluding hydrogens is 835 g/mol. The molecule has 0 saturated carbocycles. The van der Waals surface area contributed by atoms with Crippen LogP contribution in [0.4, 0.5) is 0 Å². The Morgan fingerprint density at radius 1 is 0.451 bits per heavy atom. The summed E-state index contributed by atoms with van der Waals surface area (Å²) in [6, 6.07) is 75.8. The van der Waals surface area contributed by atoms with Crippen LogP contribution in [0.25, 0.3) is 0 Å². The van der Waals surface area contributed by atoms with E-state index in [1.54, 1.807) is 0 Å². The molecule has 0 aliphatic carbocycles. The Bertz CT molecular complexity index is 1620. The van der Waals surface area contributed by atoms with Crippen molar-refractivity contribution < 1.29 is 24.8 Å². The van der Waals surface area contributed by atoms with Gasteiger partial charge in [-0.05, 0) is 53.6 Å². The first kappa shape index (κ1) is 41.0. The minimum absolute atomic E-state index is 0. The normalized spacial score (nSPS) is 10.4. The van der Waals surface area contributed by atoms with Crippen LogP contribution >= 0.6 is 15.8 Å². The van der Waals surface area contributed by atoms with E-state index >= 15 is 0 Å². The minimum atomic E-state index is -0.446. The van der Waals surface area contributed by atoms with Gasteiger partial charge in [0.15, 0.2) is 0 Å². The number of allylic oxidation sites excluding steroid dienone is 1. The second kappa shape index (κ2) is 23.8. The quantitative estimate of drug-likeness (QED) is 0.0628. The Morgan fingerprint density at radius 3 is 0.882 bits per heavy atom. The monoisotopic (exact) mass is 876 g/mol. The third-order valence-corrected chi connectivity index (χ3v) is 12.6. The molecule has 255 valence electrons. The smallest absolute Gasteiger partial charge is 0 e. The van der Waals surface area contributed by atoms with Crippen LogP contribution in [0.2, 0.25) is 0 Å². The molecule has 7 aromatic carbocycles. The Balaban J connectivity index is 0.000000209. The number of hydrogen-bond acceptors (Lipinski definition) is 0. The van der Waals surface area contributed by atoms with Crippen LogP contribution in [0.1, 0.15) is 18.4 Å². The molecule has 0 heterocycles. The van der Waals surface area contributed by atoms with Gasteiger partial charge >= 0.3 is 11.3 Å². The average Bonchev–Trinajstić information content (AvgIpc) is 3.22.